The number of rotatable bonds is 3. The Labute approximate surface area is 161 Å². The lowest BCUT2D eigenvalue weighted by Gasteiger charge is -2.32. The summed E-state index contributed by atoms with van der Waals surface area (Å²) in [7, 11) is 0. The first-order chi connectivity index (χ1) is 13.8. The van der Waals surface area contributed by atoms with Crippen LogP contribution in [0.25, 0.3) is 5.52 Å². The number of aromatic amines is 1. The van der Waals surface area contributed by atoms with E-state index in [4.69, 9.17) is 9.52 Å². The van der Waals surface area contributed by atoms with E-state index < -0.39 is 0 Å². The van der Waals surface area contributed by atoms with E-state index in [9.17, 15) is 0 Å². The van der Waals surface area contributed by atoms with Crippen molar-refractivity contribution in [1.82, 2.24) is 29.8 Å². The zero-order valence-electron chi connectivity index (χ0n) is 15.7. The molecule has 28 heavy (non-hydrogen) atoms. The van der Waals surface area contributed by atoms with Gasteiger partial charge in [-0.05, 0) is 38.0 Å². The third kappa shape index (κ3) is 2.30. The van der Waals surface area contributed by atoms with Gasteiger partial charge in [-0.25, -0.2) is 9.50 Å². The fourth-order valence-electron chi connectivity index (χ4n) is 4.25. The zero-order chi connectivity index (χ0) is 18.7. The Morgan fingerprint density at radius 2 is 2.14 bits per heavy atom. The van der Waals surface area contributed by atoms with Crippen LogP contribution in [0.4, 0.5) is 6.01 Å². The summed E-state index contributed by atoms with van der Waals surface area (Å²) in [5, 5.41) is 13.6. The van der Waals surface area contributed by atoms with Crippen LogP contribution in [-0.4, -0.2) is 36.3 Å². The minimum absolute atomic E-state index is 0.149. The minimum atomic E-state index is -0.149. The largest absolute Gasteiger partial charge is 0.408 e. The van der Waals surface area contributed by atoms with Gasteiger partial charge in [-0.2, -0.15) is 5.10 Å². The smallest absolute Gasteiger partial charge is 0.319 e. The van der Waals surface area contributed by atoms with Gasteiger partial charge < -0.3 is 14.3 Å². The molecule has 1 unspecified atom stereocenters. The lowest BCUT2D eigenvalue weighted by molar-refractivity contribution is 0.333. The average Bonchev–Trinajstić information content (AvgIpc) is 3.38. The molecule has 6 rings (SSSR count). The standard InChI is InChI=1S/C20H21N7O/c1-12-4-2-7-14-10-16(25-27(12)14)18-17-15(21-11-22-17)8-9-26(18)20-24-23-19(28-20)13-5-3-6-13/h2,4,7,10-11,13,18H,3,5-6,8-9H2,1H3,(H,21,22). The Hall–Kier alpha value is -3.16. The van der Waals surface area contributed by atoms with E-state index in [1.165, 1.54) is 6.42 Å². The summed E-state index contributed by atoms with van der Waals surface area (Å²) in [5.41, 5.74) is 5.23. The van der Waals surface area contributed by atoms with Crippen LogP contribution in [-0.2, 0) is 6.42 Å². The summed E-state index contributed by atoms with van der Waals surface area (Å²) in [4.78, 5) is 10.0. The van der Waals surface area contributed by atoms with Crippen LogP contribution < -0.4 is 4.90 Å². The van der Waals surface area contributed by atoms with Gasteiger partial charge >= 0.3 is 6.01 Å². The molecule has 1 aliphatic carbocycles. The van der Waals surface area contributed by atoms with Crippen molar-refractivity contribution in [3.63, 3.8) is 0 Å². The van der Waals surface area contributed by atoms with Gasteiger partial charge in [0.05, 0.1) is 23.2 Å². The van der Waals surface area contributed by atoms with E-state index in [0.29, 0.717) is 11.9 Å². The SMILES string of the molecule is Cc1cccc2cc(C3c4nc[nH]c4CCN3c3nnc(C4CCC4)o3)nn12. The van der Waals surface area contributed by atoms with E-state index in [1.54, 1.807) is 6.33 Å². The summed E-state index contributed by atoms with van der Waals surface area (Å²) >= 11 is 0. The Bertz CT molecular complexity index is 1150. The van der Waals surface area contributed by atoms with Crippen LogP contribution >= 0.6 is 0 Å². The number of anilines is 1. The highest BCUT2D eigenvalue weighted by Gasteiger charge is 2.36. The van der Waals surface area contributed by atoms with Crippen LogP contribution in [0.2, 0.25) is 0 Å². The Morgan fingerprint density at radius 1 is 1.21 bits per heavy atom. The van der Waals surface area contributed by atoms with Gasteiger partial charge in [-0.3, -0.25) is 0 Å². The summed E-state index contributed by atoms with van der Waals surface area (Å²) in [6, 6.07) is 8.72. The van der Waals surface area contributed by atoms with Crippen molar-refractivity contribution in [2.75, 3.05) is 11.4 Å². The molecule has 2 aliphatic rings. The fraction of sp³-hybridized carbons (Fsp3) is 0.400. The molecule has 4 aromatic heterocycles. The number of fused-ring (bicyclic) bond motifs is 2. The third-order valence-electron chi connectivity index (χ3n) is 6.03. The zero-order valence-corrected chi connectivity index (χ0v) is 15.7. The van der Waals surface area contributed by atoms with Crippen molar-refractivity contribution in [2.45, 2.75) is 44.6 Å². The van der Waals surface area contributed by atoms with Crippen LogP contribution in [0.3, 0.4) is 0 Å². The van der Waals surface area contributed by atoms with Gasteiger partial charge in [0.2, 0.25) is 5.89 Å². The Kier molecular flexibility index (Phi) is 3.35. The second-order valence-corrected chi connectivity index (χ2v) is 7.74. The average molecular weight is 375 g/mol. The van der Waals surface area contributed by atoms with Gasteiger partial charge in [-0.15, -0.1) is 5.10 Å². The molecule has 0 radical (unpaired) electrons. The molecule has 1 N–H and O–H groups in total. The topological polar surface area (TPSA) is 88.1 Å². The van der Waals surface area contributed by atoms with E-state index in [-0.39, 0.29) is 6.04 Å². The van der Waals surface area contributed by atoms with E-state index in [1.807, 2.05) is 4.52 Å². The number of pyridine rings is 1. The van der Waals surface area contributed by atoms with Crippen LogP contribution in [0.15, 0.2) is 35.0 Å². The molecule has 8 nitrogen and oxygen atoms in total. The fourth-order valence-corrected chi connectivity index (χ4v) is 4.25. The number of nitrogens with one attached hydrogen (secondary N) is 1. The Morgan fingerprint density at radius 3 is 2.96 bits per heavy atom. The van der Waals surface area contributed by atoms with Crippen LogP contribution in [0, 0.1) is 6.92 Å². The molecule has 1 aliphatic heterocycles. The third-order valence-corrected chi connectivity index (χ3v) is 6.03. The van der Waals surface area contributed by atoms with E-state index in [0.717, 1.165) is 60.0 Å². The maximum atomic E-state index is 6.10. The molecular weight excluding hydrogens is 354 g/mol. The van der Waals surface area contributed by atoms with Gasteiger partial charge in [-0.1, -0.05) is 17.6 Å². The quantitative estimate of drug-likeness (QED) is 0.592. The van der Waals surface area contributed by atoms with E-state index in [2.05, 4.69) is 56.3 Å². The summed E-state index contributed by atoms with van der Waals surface area (Å²) < 4.78 is 8.07. The lowest BCUT2D eigenvalue weighted by atomic mass is 9.85. The molecule has 142 valence electrons. The monoisotopic (exact) mass is 375 g/mol. The molecule has 8 heteroatoms. The molecule has 4 aromatic rings. The maximum Gasteiger partial charge on any atom is 0.319 e. The molecule has 0 amide bonds. The predicted octanol–water partition coefficient (Wildman–Crippen LogP) is 3.17. The number of hydrogen-bond donors (Lipinski definition) is 1. The molecule has 5 heterocycles. The molecule has 1 atom stereocenters. The number of hydrogen-bond acceptors (Lipinski definition) is 6. The summed E-state index contributed by atoms with van der Waals surface area (Å²) in [5.74, 6) is 1.18. The van der Waals surface area contributed by atoms with E-state index >= 15 is 0 Å². The highest BCUT2D eigenvalue weighted by Crippen LogP contribution is 2.39. The highest BCUT2D eigenvalue weighted by atomic mass is 16.4. The molecule has 1 saturated carbocycles. The molecule has 0 spiro atoms. The van der Waals surface area contributed by atoms with Gasteiger partial charge in [0.15, 0.2) is 0 Å². The number of nitrogens with zero attached hydrogens (tertiary/aromatic N) is 6. The lowest BCUT2D eigenvalue weighted by Crippen LogP contribution is -2.37. The van der Waals surface area contributed by atoms with Crippen molar-refractivity contribution in [3.05, 3.63) is 59.3 Å². The second kappa shape index (κ2) is 5.92. The van der Waals surface area contributed by atoms with Gasteiger partial charge in [0.25, 0.3) is 0 Å². The summed E-state index contributed by atoms with van der Waals surface area (Å²) in [6.45, 7) is 2.84. The van der Waals surface area contributed by atoms with Crippen molar-refractivity contribution in [2.24, 2.45) is 0 Å². The molecule has 1 fully saturated rings. The molecular formula is C20H21N7O. The first-order valence-corrected chi connectivity index (χ1v) is 9.85. The predicted molar refractivity (Wildman–Crippen MR) is 102 cm³/mol. The number of imidazole rings is 1. The van der Waals surface area contributed by atoms with Gasteiger partial charge in [0, 0.05) is 30.3 Å². The summed E-state index contributed by atoms with van der Waals surface area (Å²) in [6.07, 6.45) is 6.14. The normalized spacial score (nSPS) is 19.8. The molecule has 0 aromatic carbocycles. The number of H-pyrrole nitrogens is 1. The second-order valence-electron chi connectivity index (χ2n) is 7.74. The minimum Gasteiger partial charge on any atom is -0.408 e. The molecule has 0 saturated heterocycles. The molecule has 0 bridgehead atoms. The maximum absolute atomic E-state index is 6.10. The van der Waals surface area contributed by atoms with Crippen LogP contribution in [0.5, 0.6) is 0 Å². The number of aromatic nitrogens is 6. The van der Waals surface area contributed by atoms with Gasteiger partial charge in [0.1, 0.15) is 6.04 Å². The van der Waals surface area contributed by atoms with Crippen LogP contribution in [0.1, 0.15) is 59.9 Å². The highest BCUT2D eigenvalue weighted by molar-refractivity contribution is 5.52. The van der Waals surface area contributed by atoms with Crippen molar-refractivity contribution < 1.29 is 4.42 Å². The van der Waals surface area contributed by atoms with Crippen molar-refractivity contribution in [1.29, 1.82) is 0 Å². The van der Waals surface area contributed by atoms with Crippen molar-refractivity contribution >= 4 is 11.5 Å². The first kappa shape index (κ1) is 15.9. The van der Waals surface area contributed by atoms with Crippen molar-refractivity contribution in [3.8, 4) is 0 Å². The first-order valence-electron chi connectivity index (χ1n) is 9.85. The number of aryl methyl sites for hydroxylation is 1. The Balaban J connectivity index is 1.46.